The van der Waals surface area contributed by atoms with Crippen LogP contribution in [-0.4, -0.2) is 19.5 Å². The molecule has 0 saturated carbocycles. The number of hydrogen-bond donors (Lipinski definition) is 1. The third kappa shape index (κ3) is 1.60. The lowest BCUT2D eigenvalue weighted by Gasteiger charge is -2.29. The van der Waals surface area contributed by atoms with E-state index < -0.39 is 11.7 Å². The molecule has 0 fully saturated rings. The summed E-state index contributed by atoms with van der Waals surface area (Å²) in [5.74, 6) is -0.385. The van der Waals surface area contributed by atoms with Gasteiger partial charge in [0.1, 0.15) is 0 Å². The number of benzene rings is 1. The topological polar surface area (TPSA) is 32.3 Å². The van der Waals surface area contributed by atoms with Crippen LogP contribution in [0.25, 0.3) is 0 Å². The van der Waals surface area contributed by atoms with Crippen LogP contribution in [0.3, 0.4) is 0 Å². The molecule has 6 heteroatoms. The van der Waals surface area contributed by atoms with E-state index in [0.717, 1.165) is 11.0 Å². The molecular weight excluding hydrogens is 221 g/mol. The van der Waals surface area contributed by atoms with Crippen molar-refractivity contribution in [3.63, 3.8) is 0 Å². The molecule has 1 amide bonds. The number of anilines is 2. The van der Waals surface area contributed by atoms with E-state index in [1.54, 1.807) is 0 Å². The number of carbonyl (C=O) groups excluding carboxylic acids is 1. The molecule has 16 heavy (non-hydrogen) atoms. The standard InChI is InChI=1S/C10H9F3N2O/c1-15-8(16)5-14-7-4-2-3-6(9(7)15)10(11,12)13/h2-4,14H,5H2,1H3. The minimum Gasteiger partial charge on any atom is -0.374 e. The molecule has 0 saturated heterocycles. The molecule has 86 valence electrons. The molecule has 0 aliphatic carbocycles. The van der Waals surface area contributed by atoms with Crippen molar-refractivity contribution >= 4 is 17.3 Å². The highest BCUT2D eigenvalue weighted by Crippen LogP contribution is 2.41. The van der Waals surface area contributed by atoms with E-state index in [-0.39, 0.29) is 18.1 Å². The molecule has 2 rings (SSSR count). The van der Waals surface area contributed by atoms with Crippen molar-refractivity contribution in [2.45, 2.75) is 6.18 Å². The first-order chi connectivity index (χ1) is 7.41. The highest BCUT2D eigenvalue weighted by atomic mass is 19.4. The second-order valence-electron chi connectivity index (χ2n) is 3.51. The van der Waals surface area contributed by atoms with Crippen LogP contribution in [0.1, 0.15) is 5.56 Å². The van der Waals surface area contributed by atoms with E-state index in [2.05, 4.69) is 5.32 Å². The average Bonchev–Trinajstić information content (AvgIpc) is 2.21. The van der Waals surface area contributed by atoms with Gasteiger partial charge in [0, 0.05) is 7.05 Å². The predicted molar refractivity (Wildman–Crippen MR) is 53.3 cm³/mol. The highest BCUT2D eigenvalue weighted by Gasteiger charge is 2.37. The summed E-state index contributed by atoms with van der Waals surface area (Å²) in [5, 5.41) is 2.66. The second kappa shape index (κ2) is 3.40. The van der Waals surface area contributed by atoms with Gasteiger partial charge in [0.15, 0.2) is 0 Å². The van der Waals surface area contributed by atoms with Gasteiger partial charge in [-0.25, -0.2) is 0 Å². The third-order valence-corrected chi connectivity index (χ3v) is 2.48. The molecule has 0 spiro atoms. The summed E-state index contributed by atoms with van der Waals surface area (Å²) in [5.41, 5.74) is -0.573. The maximum Gasteiger partial charge on any atom is 0.418 e. The first kappa shape index (κ1) is 10.8. The Morgan fingerprint density at radius 3 is 2.69 bits per heavy atom. The predicted octanol–water partition coefficient (Wildman–Crippen LogP) is 2.09. The first-order valence-electron chi connectivity index (χ1n) is 4.62. The van der Waals surface area contributed by atoms with Crippen LogP contribution < -0.4 is 10.2 Å². The first-order valence-corrected chi connectivity index (χ1v) is 4.62. The van der Waals surface area contributed by atoms with Crippen molar-refractivity contribution in [1.29, 1.82) is 0 Å². The van der Waals surface area contributed by atoms with Crippen molar-refractivity contribution in [2.75, 3.05) is 23.8 Å². The number of rotatable bonds is 0. The summed E-state index contributed by atoms with van der Waals surface area (Å²) in [4.78, 5) is 12.4. The van der Waals surface area contributed by atoms with Crippen molar-refractivity contribution in [2.24, 2.45) is 0 Å². The number of amides is 1. The maximum absolute atomic E-state index is 12.7. The van der Waals surface area contributed by atoms with E-state index in [9.17, 15) is 18.0 Å². The normalized spacial score (nSPS) is 15.8. The van der Waals surface area contributed by atoms with Gasteiger partial charge in [-0.1, -0.05) is 6.07 Å². The Kier molecular flexibility index (Phi) is 2.29. The number of likely N-dealkylation sites (N-methyl/N-ethyl adjacent to an activating group) is 1. The van der Waals surface area contributed by atoms with Gasteiger partial charge < -0.3 is 10.2 Å². The van der Waals surface area contributed by atoms with E-state index in [1.165, 1.54) is 19.2 Å². The molecular formula is C10H9F3N2O. The average molecular weight is 230 g/mol. The molecule has 1 aliphatic rings. The zero-order valence-corrected chi connectivity index (χ0v) is 8.43. The molecule has 1 aromatic rings. The Balaban J connectivity index is 2.62. The van der Waals surface area contributed by atoms with Gasteiger partial charge in [0.25, 0.3) is 0 Å². The fraction of sp³-hybridized carbons (Fsp3) is 0.300. The fourth-order valence-electron chi connectivity index (χ4n) is 1.69. The molecule has 1 N–H and O–H groups in total. The van der Waals surface area contributed by atoms with Gasteiger partial charge in [-0.2, -0.15) is 13.2 Å². The van der Waals surface area contributed by atoms with Crippen LogP contribution in [0.5, 0.6) is 0 Å². The van der Waals surface area contributed by atoms with Crippen LogP contribution >= 0.6 is 0 Å². The van der Waals surface area contributed by atoms with E-state index in [1.807, 2.05) is 0 Å². The Morgan fingerprint density at radius 2 is 2.06 bits per heavy atom. The van der Waals surface area contributed by atoms with Gasteiger partial charge in [-0.15, -0.1) is 0 Å². The van der Waals surface area contributed by atoms with Crippen molar-refractivity contribution in [1.82, 2.24) is 0 Å². The number of nitrogens with one attached hydrogen (secondary N) is 1. The molecule has 0 bridgehead atoms. The van der Waals surface area contributed by atoms with Crippen LogP contribution in [0, 0.1) is 0 Å². The highest BCUT2D eigenvalue weighted by molar-refractivity contribution is 6.03. The lowest BCUT2D eigenvalue weighted by molar-refractivity contribution is -0.137. The monoisotopic (exact) mass is 230 g/mol. The molecule has 0 radical (unpaired) electrons. The molecule has 3 nitrogen and oxygen atoms in total. The second-order valence-corrected chi connectivity index (χ2v) is 3.51. The number of carbonyl (C=O) groups is 1. The van der Waals surface area contributed by atoms with Gasteiger partial charge in [0.2, 0.25) is 5.91 Å². The Morgan fingerprint density at radius 1 is 1.38 bits per heavy atom. The number of fused-ring (bicyclic) bond motifs is 1. The van der Waals surface area contributed by atoms with Gasteiger partial charge in [0.05, 0.1) is 23.5 Å². The van der Waals surface area contributed by atoms with Crippen LogP contribution in [0.2, 0.25) is 0 Å². The summed E-state index contributed by atoms with van der Waals surface area (Å²) >= 11 is 0. The lowest BCUT2D eigenvalue weighted by atomic mass is 10.1. The van der Waals surface area contributed by atoms with Crippen LogP contribution in [0.4, 0.5) is 24.5 Å². The van der Waals surface area contributed by atoms with Crippen molar-refractivity contribution < 1.29 is 18.0 Å². The summed E-state index contributed by atoms with van der Waals surface area (Å²) in [6.45, 7) is 0.0187. The van der Waals surface area contributed by atoms with Gasteiger partial charge >= 0.3 is 6.18 Å². The third-order valence-electron chi connectivity index (χ3n) is 2.48. The van der Waals surface area contributed by atoms with E-state index in [4.69, 9.17) is 0 Å². The van der Waals surface area contributed by atoms with Crippen molar-refractivity contribution in [3.8, 4) is 0 Å². The Labute approximate surface area is 89.9 Å². The molecule has 1 aromatic carbocycles. The van der Waals surface area contributed by atoms with Gasteiger partial charge in [-0.3, -0.25) is 4.79 Å². The number of alkyl halides is 3. The van der Waals surface area contributed by atoms with Crippen LogP contribution in [0.15, 0.2) is 18.2 Å². The van der Waals surface area contributed by atoms with E-state index >= 15 is 0 Å². The smallest absolute Gasteiger partial charge is 0.374 e. The molecule has 0 unspecified atom stereocenters. The minimum absolute atomic E-state index is 0.0187. The number of nitrogens with zero attached hydrogens (tertiary/aromatic N) is 1. The van der Waals surface area contributed by atoms with Crippen molar-refractivity contribution in [3.05, 3.63) is 23.8 Å². The molecule has 1 aliphatic heterocycles. The number of para-hydroxylation sites is 1. The SMILES string of the molecule is CN1C(=O)CNc2cccc(C(F)(F)F)c21. The van der Waals surface area contributed by atoms with E-state index in [0.29, 0.717) is 5.69 Å². The Hall–Kier alpha value is -1.72. The zero-order chi connectivity index (χ0) is 11.9. The quantitative estimate of drug-likeness (QED) is 0.740. The van der Waals surface area contributed by atoms with Crippen LogP contribution in [-0.2, 0) is 11.0 Å². The van der Waals surface area contributed by atoms with Gasteiger partial charge in [-0.05, 0) is 12.1 Å². The molecule has 0 atom stereocenters. The molecule has 1 heterocycles. The number of halogens is 3. The lowest BCUT2D eigenvalue weighted by Crippen LogP contribution is -2.38. The minimum atomic E-state index is -4.46. The summed E-state index contributed by atoms with van der Waals surface area (Å²) in [6.07, 6.45) is -4.46. The summed E-state index contributed by atoms with van der Waals surface area (Å²) in [7, 11) is 1.34. The molecule has 0 aromatic heterocycles. The largest absolute Gasteiger partial charge is 0.418 e. The zero-order valence-electron chi connectivity index (χ0n) is 8.43. The maximum atomic E-state index is 12.7. The Bertz CT molecular complexity index is 442. The number of hydrogen-bond acceptors (Lipinski definition) is 2. The summed E-state index contributed by atoms with van der Waals surface area (Å²) in [6, 6.07) is 3.81. The summed E-state index contributed by atoms with van der Waals surface area (Å²) < 4.78 is 38.1. The fourth-order valence-corrected chi connectivity index (χ4v) is 1.69.